The molecule has 0 fully saturated rings. The molecule has 0 aliphatic carbocycles. The van der Waals surface area contributed by atoms with Crippen LogP contribution in [0.5, 0.6) is 40.2 Å². The minimum Gasteiger partial charge on any atom is -0.504 e. The van der Waals surface area contributed by atoms with Crippen LogP contribution in [0, 0.1) is 5.82 Å². The lowest BCUT2D eigenvalue weighted by Gasteiger charge is -2.15. The third-order valence-corrected chi connectivity index (χ3v) is 13.6. The van der Waals surface area contributed by atoms with Gasteiger partial charge in [-0.3, -0.25) is 9.59 Å². The van der Waals surface area contributed by atoms with Crippen molar-refractivity contribution in [1.29, 1.82) is 0 Å². The van der Waals surface area contributed by atoms with Gasteiger partial charge in [0.15, 0.2) is 34.5 Å². The van der Waals surface area contributed by atoms with Crippen LogP contribution in [-0.2, 0) is 24.4 Å². The summed E-state index contributed by atoms with van der Waals surface area (Å²) in [5, 5.41) is 43.7. The molecule has 1 heterocycles. The highest BCUT2D eigenvalue weighted by Crippen LogP contribution is 2.44. The van der Waals surface area contributed by atoms with E-state index in [-0.39, 0.29) is 71.1 Å². The first-order chi connectivity index (χ1) is 28.0. The highest BCUT2D eigenvalue weighted by molar-refractivity contribution is 7.92. The number of sulfonamides is 1. The van der Waals surface area contributed by atoms with E-state index in [1.165, 1.54) is 24.3 Å². The number of sulfone groups is 1. The molecule has 0 bridgehead atoms. The van der Waals surface area contributed by atoms with Crippen molar-refractivity contribution in [3.8, 4) is 40.2 Å². The average Bonchev–Trinajstić information content (AvgIpc) is 3.59. The van der Waals surface area contributed by atoms with Gasteiger partial charge in [-0.15, -0.1) is 11.3 Å². The van der Waals surface area contributed by atoms with Crippen molar-refractivity contribution in [3.05, 3.63) is 89.7 Å². The zero-order valence-electron chi connectivity index (χ0n) is 30.0. The van der Waals surface area contributed by atoms with Crippen molar-refractivity contribution < 1.29 is 87.9 Å². The van der Waals surface area contributed by atoms with E-state index < -0.39 is 94.7 Å². The number of phenolic OH excluding ortho intramolecular Hbond substituents is 4. The molecule has 8 N–H and O–H groups in total. The summed E-state index contributed by atoms with van der Waals surface area (Å²) >= 11 is 0.660. The smallest absolute Gasteiger partial charge is 0.502 e. The molecule has 1 aromatic heterocycles. The number of carbonyl (C=O) groups is 2. The standard InChI is InChI=1S/C34H30F4N3O15PS3/c35-22-15-21(3-6-30(22)59(50,51)34(36,37)38)56-57(48,49)17-41-60(52,53)31-14-20-13-27(54-9-7-39-32(46)18-1-4-23(42)25(44)11-18)28(16-29(20)58-31)55-10-8-40-33(47)19-2-5-24(43)26(45)12-19/h1-6,11-16,41-45H,7-10,17H2,(H,39,46)(H,40,47)(H,48,49). The Balaban J connectivity index is 1.29. The molecular formula is C34H30F4N3O15PS3. The molecule has 4 aromatic carbocycles. The van der Waals surface area contributed by atoms with Crippen LogP contribution in [0.3, 0.4) is 0 Å². The first-order valence-corrected chi connectivity index (χ1v) is 22.1. The number of ether oxygens (including phenoxy) is 2. The van der Waals surface area contributed by atoms with Gasteiger partial charge in [0.25, 0.3) is 31.7 Å². The van der Waals surface area contributed by atoms with E-state index in [1.54, 1.807) is 0 Å². The number of amides is 2. The molecule has 0 spiro atoms. The van der Waals surface area contributed by atoms with E-state index >= 15 is 0 Å². The Morgan fingerprint density at radius 2 is 1.27 bits per heavy atom. The Kier molecular flexibility index (Phi) is 13.4. The molecule has 18 nitrogen and oxygen atoms in total. The number of phenols is 4. The molecule has 0 saturated carbocycles. The van der Waals surface area contributed by atoms with E-state index in [0.717, 1.165) is 30.3 Å². The molecule has 322 valence electrons. The lowest BCUT2D eigenvalue weighted by atomic mass is 10.2. The van der Waals surface area contributed by atoms with E-state index in [0.29, 0.717) is 17.4 Å². The number of carbonyl (C=O) groups excluding carboxylic acids is 2. The second-order valence-corrected chi connectivity index (χ2v) is 18.9. The molecule has 26 heteroatoms. The molecule has 0 saturated heterocycles. The van der Waals surface area contributed by atoms with Gasteiger partial charge >= 0.3 is 13.1 Å². The highest BCUT2D eigenvalue weighted by Gasteiger charge is 2.48. The lowest BCUT2D eigenvalue weighted by molar-refractivity contribution is -0.0438. The first kappa shape index (κ1) is 45.2. The second kappa shape index (κ2) is 17.8. The van der Waals surface area contributed by atoms with Crippen molar-refractivity contribution in [1.82, 2.24) is 15.4 Å². The minimum absolute atomic E-state index is 0.0232. The van der Waals surface area contributed by atoms with Gasteiger partial charge in [0.1, 0.15) is 40.2 Å². The number of rotatable bonds is 17. The molecule has 60 heavy (non-hydrogen) atoms. The maximum Gasteiger partial charge on any atom is 0.502 e. The summed E-state index contributed by atoms with van der Waals surface area (Å²) in [5.74, 6) is -5.96. The Bertz CT molecular complexity index is 2620. The van der Waals surface area contributed by atoms with E-state index in [2.05, 4.69) is 10.6 Å². The van der Waals surface area contributed by atoms with Gasteiger partial charge in [-0.2, -0.15) is 17.9 Å². The number of hydrogen-bond donors (Lipinski definition) is 8. The van der Waals surface area contributed by atoms with Crippen LogP contribution in [0.1, 0.15) is 20.7 Å². The monoisotopic (exact) mass is 923 g/mol. The highest BCUT2D eigenvalue weighted by atomic mass is 32.2. The van der Waals surface area contributed by atoms with Crippen molar-refractivity contribution in [2.24, 2.45) is 0 Å². The van der Waals surface area contributed by atoms with Gasteiger partial charge in [0, 0.05) is 28.0 Å². The van der Waals surface area contributed by atoms with E-state index in [1.807, 2.05) is 4.72 Å². The molecule has 0 aliphatic heterocycles. The topological polar surface area (TPSA) is 284 Å². The predicted molar refractivity (Wildman–Crippen MR) is 202 cm³/mol. The third kappa shape index (κ3) is 10.8. The molecule has 0 radical (unpaired) electrons. The molecule has 5 aromatic rings. The molecule has 1 unspecified atom stereocenters. The quantitative estimate of drug-likeness (QED) is 0.0280. The summed E-state index contributed by atoms with van der Waals surface area (Å²) in [6.07, 6.45) is -1.33. The van der Waals surface area contributed by atoms with Gasteiger partial charge in [0.2, 0.25) is 0 Å². The number of nitrogens with one attached hydrogen (secondary N) is 3. The normalized spacial score (nSPS) is 13.0. The number of halogens is 4. The van der Waals surface area contributed by atoms with Crippen LogP contribution in [0.25, 0.3) is 10.1 Å². The van der Waals surface area contributed by atoms with E-state index in [9.17, 15) is 73.9 Å². The van der Waals surface area contributed by atoms with Crippen molar-refractivity contribution in [2.45, 2.75) is 14.6 Å². The van der Waals surface area contributed by atoms with E-state index in [4.69, 9.17) is 14.0 Å². The van der Waals surface area contributed by atoms with Crippen molar-refractivity contribution in [3.63, 3.8) is 0 Å². The largest absolute Gasteiger partial charge is 0.504 e. The molecule has 0 aliphatic rings. The Morgan fingerprint density at radius 3 is 1.77 bits per heavy atom. The zero-order valence-corrected chi connectivity index (χ0v) is 33.3. The van der Waals surface area contributed by atoms with Crippen molar-refractivity contribution >= 4 is 60.7 Å². The number of thiophene rings is 1. The van der Waals surface area contributed by atoms with Crippen LogP contribution < -0.4 is 29.4 Å². The molecule has 1 atom stereocenters. The number of aromatic hydroxyl groups is 4. The maximum absolute atomic E-state index is 14.3. The molecule has 5 rings (SSSR count). The summed E-state index contributed by atoms with van der Waals surface area (Å²) in [5.41, 5.74) is -5.80. The second-order valence-electron chi connectivity index (χ2n) is 12.1. The van der Waals surface area contributed by atoms with Crippen LogP contribution in [0.2, 0.25) is 0 Å². The lowest BCUT2D eigenvalue weighted by Crippen LogP contribution is -2.28. The Hall–Kier alpha value is -5.85. The van der Waals surface area contributed by atoms with Crippen LogP contribution in [0.4, 0.5) is 17.6 Å². The Morgan fingerprint density at radius 1 is 0.733 bits per heavy atom. The van der Waals surface area contributed by atoms with Crippen LogP contribution in [0.15, 0.2) is 81.9 Å². The molecule has 2 amide bonds. The summed E-state index contributed by atoms with van der Waals surface area (Å²) in [6, 6.07) is 11.5. The maximum atomic E-state index is 14.3. The Labute approximate surface area is 340 Å². The van der Waals surface area contributed by atoms with Gasteiger partial charge in [-0.05, 0) is 66.0 Å². The van der Waals surface area contributed by atoms with Gasteiger partial charge < -0.3 is 50.0 Å². The van der Waals surface area contributed by atoms with Crippen molar-refractivity contribution in [2.75, 3.05) is 32.6 Å². The zero-order chi connectivity index (χ0) is 44.2. The first-order valence-electron chi connectivity index (χ1n) is 16.5. The summed E-state index contributed by atoms with van der Waals surface area (Å²) in [7, 11) is -15.8. The fourth-order valence-corrected chi connectivity index (χ4v) is 9.65. The van der Waals surface area contributed by atoms with Crippen LogP contribution >= 0.6 is 18.9 Å². The predicted octanol–water partition coefficient (Wildman–Crippen LogP) is 4.27. The average molecular weight is 924 g/mol. The van der Waals surface area contributed by atoms with Gasteiger partial charge in [0.05, 0.1) is 13.1 Å². The number of alkyl halides is 3. The number of benzene rings is 4. The SMILES string of the molecule is O=C(NCCOc1cc2cc(S(=O)(=O)NCP(=O)(O)Oc3ccc(S(=O)(=O)C(F)(F)F)c(F)c3)sc2cc1OCCNC(=O)c1ccc(O)c(O)c1)c1ccc(O)c(O)c1. The number of hydrogen-bond acceptors (Lipinski definition) is 15. The summed E-state index contributed by atoms with van der Waals surface area (Å²) < 4.78 is 133. The molecular weight excluding hydrogens is 894 g/mol. The summed E-state index contributed by atoms with van der Waals surface area (Å²) in [4.78, 5) is 33.5. The fraction of sp³-hybridized carbons (Fsp3) is 0.176. The minimum atomic E-state index is -6.11. The van der Waals surface area contributed by atoms with Gasteiger partial charge in [-0.1, -0.05) is 0 Å². The van der Waals surface area contributed by atoms with Gasteiger partial charge in [-0.25, -0.2) is 25.8 Å². The number of fused-ring (bicyclic) bond motifs is 1. The summed E-state index contributed by atoms with van der Waals surface area (Å²) in [6.45, 7) is -0.582. The fourth-order valence-electron chi connectivity index (χ4n) is 4.88. The van der Waals surface area contributed by atoms with Crippen LogP contribution in [-0.4, -0.2) is 92.1 Å². The third-order valence-electron chi connectivity index (χ3n) is 7.79.